The zero-order valence-corrected chi connectivity index (χ0v) is 8.09. The third-order valence-electron chi connectivity index (χ3n) is 2.23. The summed E-state index contributed by atoms with van der Waals surface area (Å²) in [6, 6.07) is 9.83. The first kappa shape index (κ1) is 9.45. The van der Waals surface area contributed by atoms with E-state index in [0.29, 0.717) is 6.42 Å². The molecule has 4 heteroatoms. The summed E-state index contributed by atoms with van der Waals surface area (Å²) in [6.45, 7) is 0. The molecular weight excluding hydrogens is 190 g/mol. The summed E-state index contributed by atoms with van der Waals surface area (Å²) in [5.41, 5.74) is 6.28. The highest BCUT2D eigenvalue weighted by Crippen LogP contribution is 2.16. The van der Waals surface area contributed by atoms with Gasteiger partial charge in [0.1, 0.15) is 5.84 Å². The number of benzene rings is 1. The van der Waals surface area contributed by atoms with E-state index in [1.807, 2.05) is 30.3 Å². The molecule has 15 heavy (non-hydrogen) atoms. The van der Waals surface area contributed by atoms with Gasteiger partial charge in [0.25, 0.3) is 0 Å². The van der Waals surface area contributed by atoms with E-state index in [2.05, 4.69) is 10.1 Å². The molecule has 0 saturated carbocycles. The minimum absolute atomic E-state index is 0.166. The Balaban J connectivity index is 2.51. The molecule has 0 fully saturated rings. The summed E-state index contributed by atoms with van der Waals surface area (Å²) in [6.07, 6.45) is 2.08. The van der Waals surface area contributed by atoms with Gasteiger partial charge >= 0.3 is 0 Å². The minimum atomic E-state index is 0.166. The molecule has 0 atom stereocenters. The lowest BCUT2D eigenvalue weighted by molar-refractivity contribution is 0.317. The summed E-state index contributed by atoms with van der Waals surface area (Å²) >= 11 is 0. The van der Waals surface area contributed by atoms with Crippen LogP contribution < -0.4 is 5.73 Å². The molecule has 4 nitrogen and oxygen atoms in total. The van der Waals surface area contributed by atoms with Crippen molar-refractivity contribution in [2.75, 3.05) is 0 Å². The summed E-state index contributed by atoms with van der Waals surface area (Å²) in [4.78, 5) is 4.22. The largest absolute Gasteiger partial charge is 0.409 e. The molecule has 0 unspecified atom stereocenters. The lowest BCUT2D eigenvalue weighted by atomic mass is 10.1. The molecule has 2 aromatic rings. The van der Waals surface area contributed by atoms with Gasteiger partial charge in [0.15, 0.2) is 0 Å². The van der Waals surface area contributed by atoms with Gasteiger partial charge in [-0.2, -0.15) is 0 Å². The van der Waals surface area contributed by atoms with Crippen molar-refractivity contribution in [3.8, 4) is 0 Å². The van der Waals surface area contributed by atoms with Gasteiger partial charge < -0.3 is 10.9 Å². The van der Waals surface area contributed by atoms with Crippen LogP contribution in [0.25, 0.3) is 10.8 Å². The van der Waals surface area contributed by atoms with Gasteiger partial charge in [-0.15, -0.1) is 0 Å². The lowest BCUT2D eigenvalue weighted by Crippen LogP contribution is -2.15. The van der Waals surface area contributed by atoms with Crippen molar-refractivity contribution < 1.29 is 5.21 Å². The van der Waals surface area contributed by atoms with Crippen LogP contribution in [0.3, 0.4) is 0 Å². The maximum absolute atomic E-state index is 8.50. The zero-order valence-electron chi connectivity index (χ0n) is 8.09. The number of oxime groups is 1. The highest BCUT2D eigenvalue weighted by molar-refractivity contribution is 5.90. The van der Waals surface area contributed by atoms with Crippen molar-refractivity contribution in [1.29, 1.82) is 0 Å². The molecule has 0 radical (unpaired) electrons. The Hall–Kier alpha value is -2.10. The molecule has 0 amide bonds. The van der Waals surface area contributed by atoms with E-state index in [1.54, 1.807) is 6.20 Å². The van der Waals surface area contributed by atoms with Crippen LogP contribution in [0.2, 0.25) is 0 Å². The van der Waals surface area contributed by atoms with Crippen LogP contribution in [0, 0.1) is 0 Å². The number of aromatic nitrogens is 1. The highest BCUT2D eigenvalue weighted by Gasteiger charge is 2.03. The maximum atomic E-state index is 8.50. The number of rotatable bonds is 2. The Kier molecular flexibility index (Phi) is 2.49. The van der Waals surface area contributed by atoms with E-state index in [9.17, 15) is 0 Å². The molecule has 0 bridgehead atoms. The predicted molar refractivity (Wildman–Crippen MR) is 58.9 cm³/mol. The Morgan fingerprint density at radius 3 is 2.93 bits per heavy atom. The molecule has 0 aliphatic heterocycles. The fraction of sp³-hybridized carbons (Fsp3) is 0.0909. The quantitative estimate of drug-likeness (QED) is 0.335. The Labute approximate surface area is 87.0 Å². The molecule has 1 aromatic carbocycles. The Morgan fingerprint density at radius 2 is 2.13 bits per heavy atom. The van der Waals surface area contributed by atoms with Gasteiger partial charge in [-0.3, -0.25) is 4.98 Å². The van der Waals surface area contributed by atoms with E-state index in [0.717, 1.165) is 16.5 Å². The fourth-order valence-electron chi connectivity index (χ4n) is 1.53. The normalized spacial score (nSPS) is 11.9. The highest BCUT2D eigenvalue weighted by atomic mass is 16.4. The molecule has 0 aliphatic rings. The van der Waals surface area contributed by atoms with E-state index in [-0.39, 0.29) is 5.84 Å². The van der Waals surface area contributed by atoms with E-state index in [1.165, 1.54) is 0 Å². The average molecular weight is 201 g/mol. The topological polar surface area (TPSA) is 71.5 Å². The monoisotopic (exact) mass is 201 g/mol. The molecule has 0 saturated heterocycles. The molecule has 76 valence electrons. The summed E-state index contributed by atoms with van der Waals surface area (Å²) < 4.78 is 0. The lowest BCUT2D eigenvalue weighted by Gasteiger charge is -2.03. The first-order valence-corrected chi connectivity index (χ1v) is 4.60. The van der Waals surface area contributed by atoms with Crippen LogP contribution in [-0.4, -0.2) is 16.0 Å². The molecule has 1 aromatic heterocycles. The van der Waals surface area contributed by atoms with Crippen molar-refractivity contribution >= 4 is 16.6 Å². The van der Waals surface area contributed by atoms with Crippen molar-refractivity contribution in [3.63, 3.8) is 0 Å². The smallest absolute Gasteiger partial charge is 0.145 e. The first-order chi connectivity index (χ1) is 7.31. The number of pyridine rings is 1. The third kappa shape index (κ3) is 1.88. The summed E-state index contributed by atoms with van der Waals surface area (Å²) in [5, 5.41) is 13.6. The van der Waals surface area contributed by atoms with Crippen molar-refractivity contribution in [1.82, 2.24) is 4.98 Å². The van der Waals surface area contributed by atoms with Crippen LogP contribution in [0.1, 0.15) is 5.69 Å². The second kappa shape index (κ2) is 3.96. The maximum Gasteiger partial charge on any atom is 0.145 e. The van der Waals surface area contributed by atoms with Crippen LogP contribution in [-0.2, 0) is 6.42 Å². The molecule has 3 N–H and O–H groups in total. The Morgan fingerprint density at radius 1 is 1.33 bits per heavy atom. The van der Waals surface area contributed by atoms with Gasteiger partial charge in [0.05, 0.1) is 12.1 Å². The third-order valence-corrected chi connectivity index (χ3v) is 2.23. The zero-order chi connectivity index (χ0) is 10.7. The number of nitrogens with zero attached hydrogens (tertiary/aromatic N) is 2. The van der Waals surface area contributed by atoms with Crippen molar-refractivity contribution in [3.05, 3.63) is 42.2 Å². The van der Waals surface area contributed by atoms with Gasteiger partial charge in [0.2, 0.25) is 0 Å². The molecule has 2 rings (SSSR count). The number of hydrogen-bond acceptors (Lipinski definition) is 3. The molecule has 0 aliphatic carbocycles. The van der Waals surface area contributed by atoms with Crippen LogP contribution in [0.4, 0.5) is 0 Å². The van der Waals surface area contributed by atoms with E-state index >= 15 is 0 Å². The van der Waals surface area contributed by atoms with Crippen LogP contribution in [0.5, 0.6) is 0 Å². The van der Waals surface area contributed by atoms with Gasteiger partial charge in [0, 0.05) is 11.6 Å². The molecule has 1 heterocycles. The summed E-state index contributed by atoms with van der Waals surface area (Å²) in [5.74, 6) is 0.166. The fourth-order valence-corrected chi connectivity index (χ4v) is 1.53. The standard InChI is InChI=1S/C11H11N3O/c12-11(14-15)7-10-9-4-2-1-3-8(9)5-6-13-10/h1-6,15H,7H2,(H2,12,14). The SMILES string of the molecule is NC(Cc1nccc2ccccc12)=NO. The average Bonchev–Trinajstić information content (AvgIpc) is 2.29. The van der Waals surface area contributed by atoms with Crippen molar-refractivity contribution in [2.45, 2.75) is 6.42 Å². The number of nitrogens with two attached hydrogens (primary N) is 1. The predicted octanol–water partition coefficient (Wildman–Crippen LogP) is 1.52. The second-order valence-corrected chi connectivity index (χ2v) is 3.25. The molecule has 0 spiro atoms. The van der Waals surface area contributed by atoms with Gasteiger partial charge in [-0.1, -0.05) is 29.4 Å². The van der Waals surface area contributed by atoms with Crippen LogP contribution >= 0.6 is 0 Å². The van der Waals surface area contributed by atoms with Gasteiger partial charge in [-0.25, -0.2) is 0 Å². The van der Waals surface area contributed by atoms with Gasteiger partial charge in [-0.05, 0) is 11.5 Å². The second-order valence-electron chi connectivity index (χ2n) is 3.25. The number of fused-ring (bicyclic) bond motifs is 1. The van der Waals surface area contributed by atoms with Crippen molar-refractivity contribution in [2.24, 2.45) is 10.9 Å². The van der Waals surface area contributed by atoms with E-state index < -0.39 is 0 Å². The number of amidine groups is 1. The molecular formula is C11H11N3O. The Bertz CT molecular complexity index is 503. The number of hydrogen-bond donors (Lipinski definition) is 2. The van der Waals surface area contributed by atoms with E-state index in [4.69, 9.17) is 10.9 Å². The minimum Gasteiger partial charge on any atom is -0.409 e. The van der Waals surface area contributed by atoms with Crippen LogP contribution in [0.15, 0.2) is 41.7 Å². The summed E-state index contributed by atoms with van der Waals surface area (Å²) in [7, 11) is 0. The first-order valence-electron chi connectivity index (χ1n) is 4.60.